The summed E-state index contributed by atoms with van der Waals surface area (Å²) in [7, 11) is 0. The summed E-state index contributed by atoms with van der Waals surface area (Å²) in [5, 5.41) is 17.3. The number of hydrogen-bond acceptors (Lipinski definition) is 3. The fourth-order valence-electron chi connectivity index (χ4n) is 2.25. The molecule has 0 atom stereocenters. The van der Waals surface area contributed by atoms with Crippen molar-refractivity contribution in [3.05, 3.63) is 76.6 Å². The topological polar surface area (TPSA) is 54.5 Å². The number of nitriles is 1. The molecule has 4 nitrogen and oxygen atoms in total. The van der Waals surface area contributed by atoms with Crippen LogP contribution in [0.5, 0.6) is 0 Å². The quantitative estimate of drug-likeness (QED) is 0.736. The summed E-state index contributed by atoms with van der Waals surface area (Å²) < 4.78 is 1.68. The SMILES string of the molecule is Cc1ccc(/C=C/c2c(C#N)nnn2-c2ccc(C)cc2)cc1. The first kappa shape index (κ1) is 14.7. The zero-order valence-corrected chi connectivity index (χ0v) is 13.1. The van der Waals surface area contributed by atoms with Crippen LogP contribution in [-0.4, -0.2) is 15.0 Å². The Morgan fingerprint density at radius 1 is 0.913 bits per heavy atom. The summed E-state index contributed by atoms with van der Waals surface area (Å²) in [6.07, 6.45) is 3.84. The molecule has 0 aliphatic heterocycles. The van der Waals surface area contributed by atoms with E-state index in [0.29, 0.717) is 11.4 Å². The minimum absolute atomic E-state index is 0.314. The molecule has 0 unspecified atom stereocenters. The van der Waals surface area contributed by atoms with E-state index in [1.54, 1.807) is 4.68 Å². The Morgan fingerprint density at radius 2 is 1.52 bits per heavy atom. The maximum Gasteiger partial charge on any atom is 0.190 e. The molecule has 0 aliphatic carbocycles. The number of benzene rings is 2. The molecule has 2 aromatic carbocycles. The summed E-state index contributed by atoms with van der Waals surface area (Å²) >= 11 is 0. The Kier molecular flexibility index (Phi) is 4.03. The van der Waals surface area contributed by atoms with Gasteiger partial charge in [-0.1, -0.05) is 58.8 Å². The zero-order chi connectivity index (χ0) is 16.2. The predicted octanol–water partition coefficient (Wildman–Crippen LogP) is 3.93. The van der Waals surface area contributed by atoms with Crippen LogP contribution in [0.25, 0.3) is 17.8 Å². The molecule has 1 heterocycles. The molecular formula is C19H16N4. The lowest BCUT2D eigenvalue weighted by atomic mass is 10.1. The second-order valence-corrected chi connectivity index (χ2v) is 5.43. The van der Waals surface area contributed by atoms with Gasteiger partial charge in [-0.3, -0.25) is 0 Å². The van der Waals surface area contributed by atoms with E-state index in [0.717, 1.165) is 11.3 Å². The monoisotopic (exact) mass is 300 g/mol. The lowest BCUT2D eigenvalue weighted by Gasteiger charge is -2.04. The lowest BCUT2D eigenvalue weighted by Crippen LogP contribution is -1.99. The van der Waals surface area contributed by atoms with Crippen molar-refractivity contribution in [3.8, 4) is 11.8 Å². The van der Waals surface area contributed by atoms with Crippen LogP contribution in [0.4, 0.5) is 0 Å². The number of hydrogen-bond donors (Lipinski definition) is 0. The molecule has 112 valence electrons. The highest BCUT2D eigenvalue weighted by atomic mass is 15.4. The first-order chi connectivity index (χ1) is 11.2. The predicted molar refractivity (Wildman–Crippen MR) is 90.9 cm³/mol. The van der Waals surface area contributed by atoms with Crippen molar-refractivity contribution in [2.45, 2.75) is 13.8 Å². The first-order valence-corrected chi connectivity index (χ1v) is 7.35. The van der Waals surface area contributed by atoms with E-state index < -0.39 is 0 Å². The van der Waals surface area contributed by atoms with E-state index >= 15 is 0 Å². The fourth-order valence-corrected chi connectivity index (χ4v) is 2.25. The van der Waals surface area contributed by atoms with Crippen molar-refractivity contribution in [1.82, 2.24) is 15.0 Å². The Labute approximate surface area is 135 Å². The van der Waals surface area contributed by atoms with Crippen LogP contribution in [-0.2, 0) is 0 Å². The highest BCUT2D eigenvalue weighted by Gasteiger charge is 2.11. The molecule has 1 aromatic heterocycles. The van der Waals surface area contributed by atoms with Crippen molar-refractivity contribution >= 4 is 12.2 Å². The molecule has 0 saturated heterocycles. The van der Waals surface area contributed by atoms with E-state index in [1.807, 2.05) is 55.5 Å². The molecular weight excluding hydrogens is 284 g/mol. The van der Waals surface area contributed by atoms with E-state index in [4.69, 9.17) is 0 Å². The van der Waals surface area contributed by atoms with Gasteiger partial charge in [0.1, 0.15) is 11.8 Å². The summed E-state index contributed by atoms with van der Waals surface area (Å²) in [5.41, 5.74) is 5.33. The normalized spacial score (nSPS) is 10.8. The first-order valence-electron chi connectivity index (χ1n) is 7.35. The fraction of sp³-hybridized carbons (Fsp3) is 0.105. The Hall–Kier alpha value is -3.19. The summed E-state index contributed by atoms with van der Waals surface area (Å²) in [5.74, 6) is 0. The van der Waals surface area contributed by atoms with Crippen molar-refractivity contribution < 1.29 is 0 Å². The van der Waals surface area contributed by atoms with Gasteiger partial charge < -0.3 is 0 Å². The molecule has 0 bridgehead atoms. The van der Waals surface area contributed by atoms with E-state index in [9.17, 15) is 5.26 Å². The van der Waals surface area contributed by atoms with Gasteiger partial charge in [0.05, 0.1) is 5.69 Å². The van der Waals surface area contributed by atoms with E-state index in [-0.39, 0.29) is 0 Å². The molecule has 4 heteroatoms. The Morgan fingerprint density at radius 3 is 2.13 bits per heavy atom. The molecule has 0 amide bonds. The molecule has 3 aromatic rings. The van der Waals surface area contributed by atoms with Gasteiger partial charge in [-0.25, -0.2) is 4.68 Å². The van der Waals surface area contributed by atoms with Crippen LogP contribution in [0, 0.1) is 25.2 Å². The standard InChI is InChI=1S/C19H16N4/c1-14-3-7-16(8-4-14)9-12-19-18(13-20)21-22-23(19)17-10-5-15(2)6-11-17/h3-12H,1-2H3/b12-9+. The number of nitrogens with zero attached hydrogens (tertiary/aromatic N) is 4. The minimum atomic E-state index is 0.314. The maximum absolute atomic E-state index is 9.26. The van der Waals surface area contributed by atoms with Gasteiger partial charge in [-0.05, 0) is 37.6 Å². The average molecular weight is 300 g/mol. The molecule has 23 heavy (non-hydrogen) atoms. The highest BCUT2D eigenvalue weighted by molar-refractivity contribution is 5.71. The summed E-state index contributed by atoms with van der Waals surface area (Å²) in [6.45, 7) is 4.09. The largest absolute Gasteiger partial charge is 0.212 e. The summed E-state index contributed by atoms with van der Waals surface area (Å²) in [6, 6.07) is 18.2. The maximum atomic E-state index is 9.26. The van der Waals surface area contributed by atoms with Crippen LogP contribution in [0.1, 0.15) is 28.1 Å². The van der Waals surface area contributed by atoms with Gasteiger partial charge in [0.15, 0.2) is 5.69 Å². The summed E-state index contributed by atoms with van der Waals surface area (Å²) in [4.78, 5) is 0. The molecule has 0 saturated carbocycles. The van der Waals surface area contributed by atoms with Gasteiger partial charge in [0.2, 0.25) is 0 Å². The molecule has 0 fully saturated rings. The van der Waals surface area contributed by atoms with Gasteiger partial charge in [0, 0.05) is 0 Å². The van der Waals surface area contributed by atoms with Gasteiger partial charge >= 0.3 is 0 Å². The molecule has 0 N–H and O–H groups in total. The van der Waals surface area contributed by atoms with Gasteiger partial charge in [-0.2, -0.15) is 5.26 Å². The van der Waals surface area contributed by atoms with Crippen molar-refractivity contribution in [3.63, 3.8) is 0 Å². The number of rotatable bonds is 3. The van der Waals surface area contributed by atoms with Crippen LogP contribution in [0.2, 0.25) is 0 Å². The van der Waals surface area contributed by atoms with Gasteiger partial charge in [-0.15, -0.1) is 5.10 Å². The highest BCUT2D eigenvalue weighted by Crippen LogP contribution is 2.16. The van der Waals surface area contributed by atoms with E-state index in [2.05, 4.69) is 35.4 Å². The third-order valence-corrected chi connectivity index (χ3v) is 3.60. The third-order valence-electron chi connectivity index (χ3n) is 3.60. The third kappa shape index (κ3) is 3.19. The van der Waals surface area contributed by atoms with Crippen LogP contribution in [0.3, 0.4) is 0 Å². The minimum Gasteiger partial charge on any atom is -0.212 e. The van der Waals surface area contributed by atoms with Gasteiger partial charge in [0.25, 0.3) is 0 Å². The van der Waals surface area contributed by atoms with Crippen molar-refractivity contribution in [2.24, 2.45) is 0 Å². The number of aryl methyl sites for hydroxylation is 2. The molecule has 0 spiro atoms. The molecule has 0 aliphatic rings. The van der Waals surface area contributed by atoms with Crippen LogP contribution >= 0.6 is 0 Å². The zero-order valence-electron chi connectivity index (χ0n) is 13.1. The second-order valence-electron chi connectivity index (χ2n) is 5.43. The molecule has 3 rings (SSSR count). The lowest BCUT2D eigenvalue weighted by molar-refractivity contribution is 0.797. The van der Waals surface area contributed by atoms with E-state index in [1.165, 1.54) is 11.1 Å². The van der Waals surface area contributed by atoms with Crippen LogP contribution in [0.15, 0.2) is 48.5 Å². The number of aromatic nitrogens is 3. The average Bonchev–Trinajstić information content (AvgIpc) is 2.98. The molecule has 0 radical (unpaired) electrons. The van der Waals surface area contributed by atoms with Crippen molar-refractivity contribution in [1.29, 1.82) is 5.26 Å². The second kappa shape index (κ2) is 6.29. The Bertz CT molecular complexity index is 879. The van der Waals surface area contributed by atoms with Crippen LogP contribution < -0.4 is 0 Å². The Balaban J connectivity index is 2.01. The smallest absolute Gasteiger partial charge is 0.190 e. The van der Waals surface area contributed by atoms with Crippen molar-refractivity contribution in [2.75, 3.05) is 0 Å².